The van der Waals surface area contributed by atoms with Crippen molar-refractivity contribution in [3.63, 3.8) is 0 Å². The van der Waals surface area contributed by atoms with Gasteiger partial charge in [-0.05, 0) is 59.9 Å². The summed E-state index contributed by atoms with van der Waals surface area (Å²) in [5.41, 5.74) is 0. The Morgan fingerprint density at radius 3 is 1.92 bits per heavy atom. The minimum absolute atomic E-state index is 0.0311. The average Bonchev–Trinajstić information content (AvgIpc) is 1.95. The Kier molecular flexibility index (Phi) is 3.85. The lowest BCUT2D eigenvalue weighted by Gasteiger charge is -2.04. The van der Waals surface area contributed by atoms with Crippen LogP contribution in [0.2, 0.25) is 0 Å². The molecular weight excluding hydrogens is 411 g/mol. The van der Waals surface area contributed by atoms with Crippen molar-refractivity contribution in [2.45, 2.75) is 4.90 Å². The molecule has 0 aliphatic carbocycles. The molecule has 2 nitrogen and oxygen atoms in total. The number of benzene rings is 1. The monoisotopic (exact) mass is 410 g/mol. The molecule has 0 aromatic heterocycles. The topological polar surface area (TPSA) is 34.1 Å². The van der Waals surface area contributed by atoms with Gasteiger partial charge in [0.25, 0.3) is 9.05 Å². The molecule has 0 radical (unpaired) electrons. The Bertz CT molecular complexity index is 443. The van der Waals surface area contributed by atoms with E-state index in [4.69, 9.17) is 10.7 Å². The highest BCUT2D eigenvalue weighted by atomic mass is 79.9. The van der Waals surface area contributed by atoms with E-state index < -0.39 is 9.05 Å². The van der Waals surface area contributed by atoms with E-state index in [1.807, 2.05) is 0 Å². The van der Waals surface area contributed by atoms with Crippen LogP contribution in [0, 0.1) is 0 Å². The summed E-state index contributed by atoms with van der Waals surface area (Å²) >= 11 is 9.41. The van der Waals surface area contributed by atoms with Crippen molar-refractivity contribution in [3.8, 4) is 0 Å². The Hall–Kier alpha value is 0.900. The maximum atomic E-state index is 11.1. The van der Waals surface area contributed by atoms with Crippen molar-refractivity contribution in [3.05, 3.63) is 25.6 Å². The molecule has 1 aromatic rings. The Morgan fingerprint density at radius 2 is 1.54 bits per heavy atom. The normalized spacial score (nSPS) is 11.7. The molecule has 0 spiro atoms. The van der Waals surface area contributed by atoms with Crippen LogP contribution >= 0.6 is 58.5 Å². The first-order chi connectivity index (χ1) is 5.84. The van der Waals surface area contributed by atoms with Gasteiger partial charge in [0.1, 0.15) is 4.90 Å². The predicted octanol–water partition coefficient (Wildman–Crippen LogP) is 3.90. The second kappa shape index (κ2) is 4.18. The van der Waals surface area contributed by atoms with Crippen LogP contribution in [0.5, 0.6) is 0 Å². The van der Waals surface area contributed by atoms with Crippen molar-refractivity contribution in [2.24, 2.45) is 0 Å². The van der Waals surface area contributed by atoms with E-state index in [2.05, 4.69) is 47.8 Å². The zero-order valence-electron chi connectivity index (χ0n) is 5.89. The maximum Gasteiger partial charge on any atom is 0.263 e. The molecule has 1 aromatic carbocycles. The summed E-state index contributed by atoms with van der Waals surface area (Å²) in [5.74, 6) is 0. The highest BCUT2D eigenvalue weighted by molar-refractivity contribution is 9.13. The molecule has 0 saturated carbocycles. The fourth-order valence-corrected chi connectivity index (χ4v) is 5.08. The standard InChI is InChI=1S/C6H2Br3ClO2S/c7-3-1-2-4(8)6(5(3)9)13(10,11)12/h1-2H. The van der Waals surface area contributed by atoms with Gasteiger partial charge >= 0.3 is 0 Å². The van der Waals surface area contributed by atoms with E-state index in [0.29, 0.717) is 13.4 Å². The number of hydrogen-bond donors (Lipinski definition) is 0. The van der Waals surface area contributed by atoms with Gasteiger partial charge in [0, 0.05) is 19.6 Å². The molecule has 0 saturated heterocycles. The summed E-state index contributed by atoms with van der Waals surface area (Å²) in [4.78, 5) is 0.0311. The first-order valence-corrected chi connectivity index (χ1v) is 7.61. The third-order valence-corrected chi connectivity index (χ3v) is 5.82. The highest BCUT2D eigenvalue weighted by Gasteiger charge is 2.19. The fraction of sp³-hybridized carbons (Fsp3) is 0. The second-order valence-electron chi connectivity index (χ2n) is 2.11. The SMILES string of the molecule is O=S(=O)(Cl)c1c(Br)ccc(Br)c1Br. The Morgan fingerprint density at radius 1 is 1.08 bits per heavy atom. The molecule has 0 unspecified atom stereocenters. The molecule has 0 amide bonds. The Labute approximate surface area is 105 Å². The third-order valence-electron chi connectivity index (χ3n) is 1.25. The van der Waals surface area contributed by atoms with Crippen LogP contribution in [-0.4, -0.2) is 8.42 Å². The van der Waals surface area contributed by atoms with Gasteiger partial charge in [0.05, 0.1) is 4.47 Å². The molecule has 0 fully saturated rings. The maximum absolute atomic E-state index is 11.1. The van der Waals surface area contributed by atoms with Crippen LogP contribution < -0.4 is 0 Å². The zero-order chi connectivity index (χ0) is 10.2. The average molecular weight is 413 g/mol. The van der Waals surface area contributed by atoms with Crippen molar-refractivity contribution in [1.29, 1.82) is 0 Å². The molecule has 0 aliphatic rings. The van der Waals surface area contributed by atoms with Crippen LogP contribution in [0.3, 0.4) is 0 Å². The first kappa shape index (κ1) is 12.0. The number of halogens is 4. The van der Waals surface area contributed by atoms with E-state index in [1.54, 1.807) is 12.1 Å². The van der Waals surface area contributed by atoms with Gasteiger partial charge in [0.15, 0.2) is 0 Å². The van der Waals surface area contributed by atoms with E-state index >= 15 is 0 Å². The molecule has 0 heterocycles. The summed E-state index contributed by atoms with van der Waals surface area (Å²) in [5, 5.41) is 0. The quantitative estimate of drug-likeness (QED) is 0.517. The van der Waals surface area contributed by atoms with Crippen LogP contribution in [-0.2, 0) is 9.05 Å². The van der Waals surface area contributed by atoms with E-state index in [1.165, 1.54) is 0 Å². The third kappa shape index (κ3) is 2.68. The largest absolute Gasteiger partial charge is 0.263 e. The molecular formula is C6H2Br3ClO2S. The summed E-state index contributed by atoms with van der Waals surface area (Å²) in [6.07, 6.45) is 0. The van der Waals surface area contributed by atoms with Gasteiger partial charge in [-0.3, -0.25) is 0 Å². The van der Waals surface area contributed by atoms with Crippen LogP contribution in [0.25, 0.3) is 0 Å². The van der Waals surface area contributed by atoms with E-state index in [-0.39, 0.29) is 4.90 Å². The van der Waals surface area contributed by atoms with Gasteiger partial charge in [0.2, 0.25) is 0 Å². The summed E-state index contributed by atoms with van der Waals surface area (Å²) in [6, 6.07) is 3.31. The Balaban J connectivity index is 3.62. The molecule has 72 valence electrons. The minimum atomic E-state index is -3.74. The number of rotatable bonds is 1. The van der Waals surface area contributed by atoms with Gasteiger partial charge in [-0.1, -0.05) is 0 Å². The predicted molar refractivity (Wildman–Crippen MR) is 62.6 cm³/mol. The molecule has 0 atom stereocenters. The molecule has 13 heavy (non-hydrogen) atoms. The summed E-state index contributed by atoms with van der Waals surface area (Å²) < 4.78 is 23.7. The van der Waals surface area contributed by atoms with Gasteiger partial charge < -0.3 is 0 Å². The number of hydrogen-bond acceptors (Lipinski definition) is 2. The second-order valence-corrected chi connectivity index (χ2v) is 7.11. The van der Waals surface area contributed by atoms with Crippen molar-refractivity contribution < 1.29 is 8.42 Å². The lowest BCUT2D eigenvalue weighted by atomic mass is 10.4. The van der Waals surface area contributed by atoms with Crippen LogP contribution in [0.1, 0.15) is 0 Å². The van der Waals surface area contributed by atoms with Crippen molar-refractivity contribution in [1.82, 2.24) is 0 Å². The molecule has 0 N–H and O–H groups in total. The lowest BCUT2D eigenvalue weighted by molar-refractivity contribution is 0.608. The molecule has 7 heteroatoms. The van der Waals surface area contributed by atoms with Crippen LogP contribution in [0.4, 0.5) is 0 Å². The van der Waals surface area contributed by atoms with Crippen molar-refractivity contribution in [2.75, 3.05) is 0 Å². The highest BCUT2D eigenvalue weighted by Crippen LogP contribution is 2.37. The van der Waals surface area contributed by atoms with Crippen LogP contribution in [0.15, 0.2) is 30.4 Å². The summed E-state index contributed by atoms with van der Waals surface area (Å²) in [7, 11) is 1.49. The fourth-order valence-electron chi connectivity index (χ4n) is 0.732. The minimum Gasteiger partial charge on any atom is -0.207 e. The molecule has 0 aliphatic heterocycles. The smallest absolute Gasteiger partial charge is 0.207 e. The van der Waals surface area contributed by atoms with E-state index in [9.17, 15) is 8.42 Å². The van der Waals surface area contributed by atoms with Gasteiger partial charge in [-0.15, -0.1) is 0 Å². The van der Waals surface area contributed by atoms with E-state index in [0.717, 1.165) is 0 Å². The van der Waals surface area contributed by atoms with Crippen molar-refractivity contribution >= 4 is 67.5 Å². The molecule has 0 bridgehead atoms. The lowest BCUT2D eigenvalue weighted by Crippen LogP contribution is -1.94. The summed E-state index contributed by atoms with van der Waals surface area (Å²) in [6.45, 7) is 0. The van der Waals surface area contributed by atoms with Gasteiger partial charge in [-0.2, -0.15) is 0 Å². The van der Waals surface area contributed by atoms with Gasteiger partial charge in [-0.25, -0.2) is 8.42 Å². The first-order valence-electron chi connectivity index (χ1n) is 2.92. The zero-order valence-corrected chi connectivity index (χ0v) is 12.2. The molecule has 1 rings (SSSR count).